The van der Waals surface area contributed by atoms with Crippen LogP contribution in [0.3, 0.4) is 0 Å². The number of esters is 1. The Kier molecular flexibility index (Phi) is 3.35. The van der Waals surface area contributed by atoms with E-state index in [1.165, 1.54) is 0 Å². The number of rotatable bonds is 2. The van der Waals surface area contributed by atoms with Gasteiger partial charge in [-0.3, -0.25) is 0 Å². The van der Waals surface area contributed by atoms with Gasteiger partial charge >= 0.3 is 5.97 Å². The third-order valence-corrected chi connectivity index (χ3v) is 3.07. The van der Waals surface area contributed by atoms with Crippen LogP contribution in [0.5, 0.6) is 0 Å². The molecule has 0 aromatic heterocycles. The summed E-state index contributed by atoms with van der Waals surface area (Å²) in [6, 6.07) is 16.4. The maximum absolute atomic E-state index is 11.8. The summed E-state index contributed by atoms with van der Waals surface area (Å²) in [5, 5.41) is 0.628. The number of carbonyl (C=O) groups is 1. The first-order valence-electron chi connectivity index (χ1n) is 6.06. The van der Waals surface area contributed by atoms with E-state index in [1.54, 1.807) is 30.3 Å². The molecule has 0 saturated heterocycles. The Morgan fingerprint density at radius 2 is 1.65 bits per heavy atom. The van der Waals surface area contributed by atoms with Gasteiger partial charge in [-0.2, -0.15) is 0 Å². The van der Waals surface area contributed by atoms with E-state index < -0.39 is 5.97 Å². The topological polar surface area (TPSA) is 38.7 Å². The third kappa shape index (κ3) is 2.63. The van der Waals surface area contributed by atoms with Gasteiger partial charge in [0.05, 0.1) is 5.69 Å². The van der Waals surface area contributed by atoms with E-state index in [4.69, 9.17) is 16.3 Å². The molecule has 0 radical (unpaired) electrons. The van der Waals surface area contributed by atoms with Crippen molar-refractivity contribution in [2.75, 3.05) is 0 Å². The number of ether oxygens (including phenoxy) is 1. The van der Waals surface area contributed by atoms with Gasteiger partial charge in [-0.25, -0.2) is 9.79 Å². The zero-order valence-electron chi connectivity index (χ0n) is 10.4. The normalized spacial score (nSPS) is 16.1. The largest absolute Gasteiger partial charge is 0.421 e. The number of cyclic esters (lactones) is 1. The molecule has 4 heteroatoms. The van der Waals surface area contributed by atoms with E-state index in [0.29, 0.717) is 16.5 Å². The lowest BCUT2D eigenvalue weighted by Crippen LogP contribution is -2.06. The minimum atomic E-state index is -0.446. The average Bonchev–Trinajstić information content (AvgIpc) is 2.84. The van der Waals surface area contributed by atoms with Crippen LogP contribution in [0, 0.1) is 0 Å². The second-order valence-corrected chi connectivity index (χ2v) is 4.67. The molecule has 3 nitrogen and oxygen atoms in total. The van der Waals surface area contributed by atoms with Crippen LogP contribution in [0.1, 0.15) is 5.56 Å². The van der Waals surface area contributed by atoms with Crippen LogP contribution < -0.4 is 0 Å². The molecule has 0 amide bonds. The molecule has 0 spiro atoms. The minimum absolute atomic E-state index is 0.283. The van der Waals surface area contributed by atoms with Gasteiger partial charge in [-0.1, -0.05) is 41.9 Å². The van der Waals surface area contributed by atoms with Gasteiger partial charge in [0.1, 0.15) is 5.76 Å². The van der Waals surface area contributed by atoms with E-state index in [1.807, 2.05) is 30.3 Å². The van der Waals surface area contributed by atoms with Gasteiger partial charge in [0.15, 0.2) is 5.71 Å². The number of benzene rings is 2. The van der Waals surface area contributed by atoms with Gasteiger partial charge in [-0.05, 0) is 24.3 Å². The van der Waals surface area contributed by atoms with Gasteiger partial charge in [0, 0.05) is 16.7 Å². The molecule has 1 aliphatic rings. The molecule has 0 saturated carbocycles. The Balaban J connectivity index is 1.92. The van der Waals surface area contributed by atoms with Crippen molar-refractivity contribution in [3.8, 4) is 0 Å². The average molecular weight is 284 g/mol. The van der Waals surface area contributed by atoms with Crippen molar-refractivity contribution in [2.45, 2.75) is 0 Å². The first kappa shape index (κ1) is 12.6. The quantitative estimate of drug-likeness (QED) is 0.781. The zero-order chi connectivity index (χ0) is 13.9. The zero-order valence-corrected chi connectivity index (χ0v) is 11.2. The number of aliphatic imine (C=N–C) groups is 1. The summed E-state index contributed by atoms with van der Waals surface area (Å²) < 4.78 is 5.22. The highest BCUT2D eigenvalue weighted by atomic mass is 35.5. The number of carbonyl (C=O) groups excluding carboxylic acids is 1. The van der Waals surface area contributed by atoms with Crippen LogP contribution in [0.2, 0.25) is 5.02 Å². The second-order valence-electron chi connectivity index (χ2n) is 4.24. The predicted octanol–water partition coefficient (Wildman–Crippen LogP) is 4.01. The predicted molar refractivity (Wildman–Crippen MR) is 79.1 cm³/mol. The van der Waals surface area contributed by atoms with E-state index in [-0.39, 0.29) is 5.71 Å². The van der Waals surface area contributed by atoms with Gasteiger partial charge in [0.25, 0.3) is 0 Å². The number of nitrogens with zero attached hydrogens (tertiary/aromatic N) is 1. The van der Waals surface area contributed by atoms with Crippen LogP contribution in [0.25, 0.3) is 5.76 Å². The SMILES string of the molecule is O=C1OC(c2ccccc2)=CC1=Nc1ccc(Cl)cc1. The molecule has 98 valence electrons. The molecule has 0 fully saturated rings. The van der Waals surface area contributed by atoms with Crippen molar-refractivity contribution in [3.05, 3.63) is 71.3 Å². The monoisotopic (exact) mass is 283 g/mol. The van der Waals surface area contributed by atoms with Crippen molar-refractivity contribution >= 4 is 34.7 Å². The number of hydrogen-bond acceptors (Lipinski definition) is 3. The van der Waals surface area contributed by atoms with Crippen molar-refractivity contribution in [1.82, 2.24) is 0 Å². The lowest BCUT2D eigenvalue weighted by molar-refractivity contribution is -0.128. The summed E-state index contributed by atoms with van der Waals surface area (Å²) in [6.45, 7) is 0. The van der Waals surface area contributed by atoms with Crippen molar-refractivity contribution < 1.29 is 9.53 Å². The molecular weight excluding hydrogens is 274 g/mol. The van der Waals surface area contributed by atoms with Crippen LogP contribution in [0.4, 0.5) is 5.69 Å². The minimum Gasteiger partial charge on any atom is -0.421 e. The van der Waals surface area contributed by atoms with E-state index >= 15 is 0 Å². The molecule has 0 atom stereocenters. The van der Waals surface area contributed by atoms with Crippen LogP contribution in [-0.4, -0.2) is 11.7 Å². The Hall–Kier alpha value is -2.39. The second kappa shape index (κ2) is 5.31. The molecule has 1 aliphatic heterocycles. The van der Waals surface area contributed by atoms with Crippen molar-refractivity contribution in [1.29, 1.82) is 0 Å². The fourth-order valence-corrected chi connectivity index (χ4v) is 1.97. The Morgan fingerprint density at radius 1 is 0.950 bits per heavy atom. The third-order valence-electron chi connectivity index (χ3n) is 2.81. The fraction of sp³-hybridized carbons (Fsp3) is 0. The molecular formula is C16H10ClNO2. The molecule has 0 N–H and O–H groups in total. The summed E-state index contributed by atoms with van der Waals surface area (Å²) in [5.41, 5.74) is 1.79. The number of hydrogen-bond donors (Lipinski definition) is 0. The first-order chi connectivity index (χ1) is 9.72. The first-order valence-corrected chi connectivity index (χ1v) is 6.44. The van der Waals surface area contributed by atoms with E-state index in [0.717, 1.165) is 5.56 Å². The van der Waals surface area contributed by atoms with Gasteiger partial charge in [0.2, 0.25) is 0 Å². The number of halogens is 1. The lowest BCUT2D eigenvalue weighted by Gasteiger charge is -1.99. The molecule has 2 aromatic rings. The molecule has 3 rings (SSSR count). The molecule has 0 unspecified atom stereocenters. The highest BCUT2D eigenvalue weighted by Gasteiger charge is 2.23. The Bertz CT molecular complexity index is 703. The fourth-order valence-electron chi connectivity index (χ4n) is 1.84. The molecule has 20 heavy (non-hydrogen) atoms. The molecule has 2 aromatic carbocycles. The summed E-state index contributed by atoms with van der Waals surface area (Å²) in [5.74, 6) is 0.0714. The summed E-state index contributed by atoms with van der Waals surface area (Å²) in [7, 11) is 0. The van der Waals surface area contributed by atoms with Crippen molar-refractivity contribution in [3.63, 3.8) is 0 Å². The summed E-state index contributed by atoms with van der Waals surface area (Å²) >= 11 is 5.81. The summed E-state index contributed by atoms with van der Waals surface area (Å²) in [4.78, 5) is 16.1. The Labute approximate surface area is 121 Å². The van der Waals surface area contributed by atoms with E-state index in [2.05, 4.69) is 4.99 Å². The molecule has 0 aliphatic carbocycles. The molecule has 1 heterocycles. The van der Waals surface area contributed by atoms with Crippen LogP contribution in [0.15, 0.2) is 65.7 Å². The molecule has 0 bridgehead atoms. The Morgan fingerprint density at radius 3 is 2.35 bits per heavy atom. The van der Waals surface area contributed by atoms with E-state index in [9.17, 15) is 4.79 Å². The van der Waals surface area contributed by atoms with Crippen molar-refractivity contribution in [2.24, 2.45) is 4.99 Å². The van der Waals surface area contributed by atoms with Crippen LogP contribution >= 0.6 is 11.6 Å². The smallest absolute Gasteiger partial charge is 0.362 e. The highest BCUT2D eigenvalue weighted by molar-refractivity contribution is 6.46. The maximum atomic E-state index is 11.8. The van der Waals surface area contributed by atoms with Gasteiger partial charge < -0.3 is 4.74 Å². The lowest BCUT2D eigenvalue weighted by atomic mass is 10.2. The highest BCUT2D eigenvalue weighted by Crippen LogP contribution is 2.24. The van der Waals surface area contributed by atoms with Crippen LogP contribution in [-0.2, 0) is 9.53 Å². The standard InChI is InChI=1S/C16H10ClNO2/c17-12-6-8-13(9-7-12)18-14-10-15(20-16(14)19)11-4-2-1-3-5-11/h1-10H. The van der Waals surface area contributed by atoms with Gasteiger partial charge in [-0.15, -0.1) is 0 Å². The maximum Gasteiger partial charge on any atom is 0.362 e. The summed E-state index contributed by atoms with van der Waals surface area (Å²) in [6.07, 6.45) is 1.65.